The molecule has 0 radical (unpaired) electrons. The van der Waals surface area contributed by atoms with Crippen LogP contribution >= 0.6 is 0 Å². The van der Waals surface area contributed by atoms with E-state index in [0.29, 0.717) is 18.0 Å². The lowest BCUT2D eigenvalue weighted by atomic mass is 10.4. The molecular weight excluding hydrogens is 242 g/mol. The van der Waals surface area contributed by atoms with Crippen LogP contribution in [0.1, 0.15) is 0 Å². The van der Waals surface area contributed by atoms with Gasteiger partial charge in [0.2, 0.25) is 16.0 Å². The van der Waals surface area contributed by atoms with Gasteiger partial charge in [0.25, 0.3) is 0 Å². The third-order valence-electron chi connectivity index (χ3n) is 2.28. The fourth-order valence-corrected chi connectivity index (χ4v) is 2.04. The molecular formula is C9H13N5O2S. The van der Waals surface area contributed by atoms with Crippen molar-refractivity contribution in [2.75, 3.05) is 18.5 Å². The SMILES string of the molecule is CS(=O)(=O)NCCn1c(N)nc2cnccc21. The first kappa shape index (κ1) is 11.8. The topological polar surface area (TPSA) is 103 Å². The molecule has 0 bridgehead atoms. The number of hydrogen-bond donors (Lipinski definition) is 2. The molecule has 8 heteroatoms. The van der Waals surface area contributed by atoms with Crippen LogP contribution in [0.5, 0.6) is 0 Å². The molecule has 0 aromatic carbocycles. The normalized spacial score (nSPS) is 12.1. The van der Waals surface area contributed by atoms with Crippen LogP contribution in [0.3, 0.4) is 0 Å². The van der Waals surface area contributed by atoms with Crippen LogP contribution in [-0.2, 0) is 16.6 Å². The molecule has 0 spiro atoms. The molecule has 2 aromatic heterocycles. The maximum Gasteiger partial charge on any atom is 0.208 e. The molecule has 0 saturated heterocycles. The molecule has 0 aliphatic rings. The number of pyridine rings is 1. The number of nitrogen functional groups attached to an aromatic ring is 1. The van der Waals surface area contributed by atoms with E-state index in [2.05, 4.69) is 14.7 Å². The monoisotopic (exact) mass is 255 g/mol. The highest BCUT2D eigenvalue weighted by Crippen LogP contribution is 2.15. The van der Waals surface area contributed by atoms with Crippen LogP contribution in [0.15, 0.2) is 18.5 Å². The van der Waals surface area contributed by atoms with E-state index in [1.807, 2.05) is 0 Å². The zero-order valence-electron chi connectivity index (χ0n) is 9.29. The van der Waals surface area contributed by atoms with E-state index < -0.39 is 10.0 Å². The zero-order chi connectivity index (χ0) is 12.5. The van der Waals surface area contributed by atoms with Crippen molar-refractivity contribution in [3.05, 3.63) is 18.5 Å². The van der Waals surface area contributed by atoms with E-state index in [4.69, 9.17) is 5.73 Å². The first-order valence-corrected chi connectivity index (χ1v) is 6.87. The van der Waals surface area contributed by atoms with Crippen molar-refractivity contribution in [2.24, 2.45) is 0 Å². The fraction of sp³-hybridized carbons (Fsp3) is 0.333. The molecule has 92 valence electrons. The summed E-state index contributed by atoms with van der Waals surface area (Å²) in [4.78, 5) is 8.07. The molecule has 2 rings (SSSR count). The van der Waals surface area contributed by atoms with Gasteiger partial charge in [-0.3, -0.25) is 4.98 Å². The standard InChI is InChI=1S/C9H13N5O2S/c1-17(15,16)12-4-5-14-8-2-3-11-6-7(8)13-9(14)10/h2-3,6,12H,4-5H2,1H3,(H2,10,13). The number of sulfonamides is 1. The van der Waals surface area contributed by atoms with Gasteiger partial charge >= 0.3 is 0 Å². The molecule has 0 aliphatic carbocycles. The molecule has 2 heterocycles. The summed E-state index contributed by atoms with van der Waals surface area (Å²) in [7, 11) is -3.18. The minimum atomic E-state index is -3.18. The predicted octanol–water partition coefficient (Wildman–Crippen LogP) is -0.437. The number of rotatable bonds is 4. The number of nitrogens with two attached hydrogens (primary N) is 1. The first-order chi connectivity index (χ1) is 7.97. The Morgan fingerprint density at radius 2 is 2.29 bits per heavy atom. The van der Waals surface area contributed by atoms with E-state index in [9.17, 15) is 8.42 Å². The minimum Gasteiger partial charge on any atom is -0.369 e. The second kappa shape index (κ2) is 4.30. The third kappa shape index (κ3) is 2.71. The van der Waals surface area contributed by atoms with E-state index in [0.717, 1.165) is 11.8 Å². The summed E-state index contributed by atoms with van der Waals surface area (Å²) in [6, 6.07) is 1.79. The Balaban J connectivity index is 2.21. The lowest BCUT2D eigenvalue weighted by Crippen LogP contribution is -2.26. The summed E-state index contributed by atoms with van der Waals surface area (Å²) >= 11 is 0. The number of hydrogen-bond acceptors (Lipinski definition) is 5. The Morgan fingerprint density at radius 3 is 3.00 bits per heavy atom. The summed E-state index contributed by atoms with van der Waals surface area (Å²) in [6.07, 6.45) is 4.38. The highest BCUT2D eigenvalue weighted by atomic mass is 32.2. The molecule has 7 nitrogen and oxygen atoms in total. The quantitative estimate of drug-likeness (QED) is 0.771. The molecule has 0 amide bonds. The molecule has 2 aromatic rings. The van der Waals surface area contributed by atoms with Gasteiger partial charge in [-0.25, -0.2) is 18.1 Å². The molecule has 0 unspecified atom stereocenters. The number of fused-ring (bicyclic) bond motifs is 1. The molecule has 0 fully saturated rings. The molecule has 0 atom stereocenters. The maximum absolute atomic E-state index is 10.9. The van der Waals surface area contributed by atoms with E-state index in [1.54, 1.807) is 23.0 Å². The van der Waals surface area contributed by atoms with Gasteiger partial charge in [-0.1, -0.05) is 0 Å². The van der Waals surface area contributed by atoms with Crippen LogP contribution in [0, 0.1) is 0 Å². The predicted molar refractivity (Wildman–Crippen MR) is 64.8 cm³/mol. The van der Waals surface area contributed by atoms with Gasteiger partial charge in [0.15, 0.2) is 0 Å². The average molecular weight is 255 g/mol. The van der Waals surface area contributed by atoms with Crippen LogP contribution in [0.2, 0.25) is 0 Å². The van der Waals surface area contributed by atoms with Gasteiger partial charge in [0.1, 0.15) is 5.52 Å². The third-order valence-corrected chi connectivity index (χ3v) is 3.01. The number of imidazole rings is 1. The number of nitrogens with zero attached hydrogens (tertiary/aromatic N) is 3. The Hall–Kier alpha value is -1.67. The number of nitrogens with one attached hydrogen (secondary N) is 1. The van der Waals surface area contributed by atoms with Crippen LogP contribution in [0.25, 0.3) is 11.0 Å². The number of aromatic nitrogens is 3. The highest BCUT2D eigenvalue weighted by molar-refractivity contribution is 7.88. The largest absolute Gasteiger partial charge is 0.369 e. The van der Waals surface area contributed by atoms with Crippen molar-refractivity contribution in [1.29, 1.82) is 0 Å². The first-order valence-electron chi connectivity index (χ1n) is 4.98. The van der Waals surface area contributed by atoms with Crippen molar-refractivity contribution < 1.29 is 8.42 Å². The van der Waals surface area contributed by atoms with Crippen molar-refractivity contribution >= 4 is 27.0 Å². The van der Waals surface area contributed by atoms with Crippen LogP contribution in [0.4, 0.5) is 5.95 Å². The lowest BCUT2D eigenvalue weighted by Gasteiger charge is -2.06. The van der Waals surface area contributed by atoms with Gasteiger partial charge < -0.3 is 10.3 Å². The summed E-state index contributed by atoms with van der Waals surface area (Å²) < 4.78 is 26.0. The Bertz CT molecular complexity index is 634. The maximum atomic E-state index is 10.9. The van der Waals surface area contributed by atoms with E-state index in [-0.39, 0.29) is 6.54 Å². The van der Waals surface area contributed by atoms with Gasteiger partial charge in [-0.2, -0.15) is 0 Å². The van der Waals surface area contributed by atoms with Gasteiger partial charge in [-0.15, -0.1) is 0 Å². The van der Waals surface area contributed by atoms with Gasteiger partial charge in [-0.05, 0) is 6.07 Å². The van der Waals surface area contributed by atoms with Crippen molar-refractivity contribution in [3.63, 3.8) is 0 Å². The average Bonchev–Trinajstić information content (AvgIpc) is 2.54. The van der Waals surface area contributed by atoms with Crippen molar-refractivity contribution in [2.45, 2.75) is 6.54 Å². The summed E-state index contributed by atoms with van der Waals surface area (Å²) in [5.41, 5.74) is 7.29. The number of anilines is 1. The van der Waals surface area contributed by atoms with E-state index in [1.165, 1.54) is 0 Å². The lowest BCUT2D eigenvalue weighted by molar-refractivity contribution is 0.581. The second-order valence-electron chi connectivity index (χ2n) is 3.65. The highest BCUT2D eigenvalue weighted by Gasteiger charge is 2.08. The molecule has 17 heavy (non-hydrogen) atoms. The Kier molecular flexibility index (Phi) is 2.99. The Labute approximate surface area is 98.7 Å². The molecule has 3 N–H and O–H groups in total. The van der Waals surface area contributed by atoms with Gasteiger partial charge in [0.05, 0.1) is 18.0 Å². The smallest absolute Gasteiger partial charge is 0.208 e. The fourth-order valence-electron chi connectivity index (χ4n) is 1.58. The van der Waals surface area contributed by atoms with E-state index >= 15 is 0 Å². The minimum absolute atomic E-state index is 0.275. The summed E-state index contributed by atoms with van der Waals surface area (Å²) in [5.74, 6) is 0.350. The van der Waals surface area contributed by atoms with Crippen molar-refractivity contribution in [3.8, 4) is 0 Å². The molecule has 0 aliphatic heterocycles. The van der Waals surface area contributed by atoms with Crippen LogP contribution in [-0.4, -0.2) is 35.8 Å². The van der Waals surface area contributed by atoms with Gasteiger partial charge in [0, 0.05) is 19.3 Å². The van der Waals surface area contributed by atoms with Crippen LogP contribution < -0.4 is 10.5 Å². The summed E-state index contributed by atoms with van der Waals surface area (Å²) in [6.45, 7) is 0.705. The zero-order valence-corrected chi connectivity index (χ0v) is 10.1. The summed E-state index contributed by atoms with van der Waals surface area (Å²) in [5, 5.41) is 0. The second-order valence-corrected chi connectivity index (χ2v) is 5.49. The Morgan fingerprint density at radius 1 is 1.53 bits per heavy atom. The molecule has 0 saturated carbocycles. The van der Waals surface area contributed by atoms with Crippen molar-refractivity contribution in [1.82, 2.24) is 19.3 Å².